The molecule has 1 N–H and O–H groups in total. The molecule has 0 bridgehead atoms. The van der Waals surface area contributed by atoms with Crippen molar-refractivity contribution in [3.05, 3.63) is 59.2 Å². The molecule has 0 saturated heterocycles. The molecule has 36 heavy (non-hydrogen) atoms. The van der Waals surface area contributed by atoms with Gasteiger partial charge in [0, 0.05) is 12.6 Å². The number of rotatable bonds is 12. The van der Waals surface area contributed by atoms with Crippen molar-refractivity contribution in [3.63, 3.8) is 0 Å². The van der Waals surface area contributed by atoms with Crippen molar-refractivity contribution < 1.29 is 22.7 Å². The molecule has 2 rings (SSSR count). The van der Waals surface area contributed by atoms with Crippen LogP contribution in [0, 0.1) is 13.8 Å². The highest BCUT2D eigenvalue weighted by molar-refractivity contribution is 7.92. The number of carbonyl (C=O) groups excluding carboxylic acids is 2. The minimum Gasteiger partial charge on any atom is -0.497 e. The SMILES string of the molecule is CC[C@H](C(=O)N[C@@H](C)CC)N(Cc1ccc(OC)cc1)C(=O)CN(c1ccc(C)c(C)c1)S(C)(=O)=O. The van der Waals surface area contributed by atoms with Gasteiger partial charge in [-0.05, 0) is 74.6 Å². The molecule has 198 valence electrons. The summed E-state index contributed by atoms with van der Waals surface area (Å²) in [6.45, 7) is 9.29. The van der Waals surface area contributed by atoms with Crippen LogP contribution in [-0.2, 0) is 26.2 Å². The molecule has 0 heterocycles. The van der Waals surface area contributed by atoms with Gasteiger partial charge in [-0.3, -0.25) is 13.9 Å². The first-order chi connectivity index (χ1) is 16.9. The van der Waals surface area contributed by atoms with E-state index in [1.165, 1.54) is 4.90 Å². The second-order valence-electron chi connectivity index (χ2n) is 9.15. The minimum atomic E-state index is -3.76. The fourth-order valence-electron chi connectivity index (χ4n) is 3.78. The Kier molecular flexibility index (Phi) is 10.3. The highest BCUT2D eigenvalue weighted by Gasteiger charge is 2.32. The van der Waals surface area contributed by atoms with E-state index in [2.05, 4.69) is 5.32 Å². The van der Waals surface area contributed by atoms with Crippen molar-refractivity contribution in [3.8, 4) is 5.75 Å². The number of hydrogen-bond acceptors (Lipinski definition) is 5. The molecule has 2 amide bonds. The monoisotopic (exact) mass is 517 g/mol. The standard InChI is InChI=1S/C27H39N3O5S/c1-8-21(5)28-27(32)25(9-2)29(17-22-11-14-24(35-6)15-12-22)26(31)18-30(36(7,33)34)23-13-10-19(3)20(4)16-23/h10-16,21,25H,8-9,17-18H2,1-7H3,(H,28,32)/t21-,25+/m0/s1. The van der Waals surface area contributed by atoms with Crippen LogP contribution in [0.1, 0.15) is 50.3 Å². The number of nitrogens with one attached hydrogen (secondary N) is 1. The summed E-state index contributed by atoms with van der Waals surface area (Å²) in [5, 5.41) is 2.96. The maximum Gasteiger partial charge on any atom is 0.244 e. The van der Waals surface area contributed by atoms with E-state index in [0.717, 1.165) is 33.7 Å². The van der Waals surface area contributed by atoms with Gasteiger partial charge in [-0.25, -0.2) is 8.42 Å². The van der Waals surface area contributed by atoms with Gasteiger partial charge in [0.25, 0.3) is 0 Å². The Hall–Kier alpha value is -3.07. The van der Waals surface area contributed by atoms with E-state index >= 15 is 0 Å². The van der Waals surface area contributed by atoms with E-state index in [-0.39, 0.29) is 18.5 Å². The van der Waals surface area contributed by atoms with Crippen LogP contribution < -0.4 is 14.4 Å². The molecule has 0 fully saturated rings. The summed E-state index contributed by atoms with van der Waals surface area (Å²) in [5.74, 6) is -0.0393. The van der Waals surface area contributed by atoms with E-state index < -0.39 is 28.5 Å². The highest BCUT2D eigenvalue weighted by atomic mass is 32.2. The van der Waals surface area contributed by atoms with E-state index in [1.54, 1.807) is 31.4 Å². The van der Waals surface area contributed by atoms with Crippen molar-refractivity contribution in [2.75, 3.05) is 24.2 Å². The fourth-order valence-corrected chi connectivity index (χ4v) is 4.62. The summed E-state index contributed by atoms with van der Waals surface area (Å²) in [4.78, 5) is 28.4. The van der Waals surface area contributed by atoms with Crippen molar-refractivity contribution >= 4 is 27.5 Å². The quantitative estimate of drug-likeness (QED) is 0.462. The summed E-state index contributed by atoms with van der Waals surface area (Å²) in [6, 6.07) is 11.7. The predicted molar refractivity (Wildman–Crippen MR) is 144 cm³/mol. The van der Waals surface area contributed by atoms with Crippen molar-refractivity contribution in [2.24, 2.45) is 0 Å². The van der Waals surface area contributed by atoms with Gasteiger partial charge in [-0.2, -0.15) is 0 Å². The second-order valence-corrected chi connectivity index (χ2v) is 11.1. The summed E-state index contributed by atoms with van der Waals surface area (Å²) in [7, 11) is -2.19. The Balaban J connectivity index is 2.45. The molecule has 8 nitrogen and oxygen atoms in total. The molecule has 0 aromatic heterocycles. The van der Waals surface area contributed by atoms with E-state index in [0.29, 0.717) is 17.9 Å². The zero-order valence-electron chi connectivity index (χ0n) is 22.4. The van der Waals surface area contributed by atoms with E-state index in [4.69, 9.17) is 4.74 Å². The predicted octanol–water partition coefficient (Wildman–Crippen LogP) is 3.80. The van der Waals surface area contributed by atoms with Gasteiger partial charge in [-0.1, -0.05) is 32.0 Å². The lowest BCUT2D eigenvalue weighted by atomic mass is 10.1. The van der Waals surface area contributed by atoms with Crippen molar-refractivity contribution in [1.29, 1.82) is 0 Å². The number of benzene rings is 2. The first kappa shape index (κ1) is 29.2. The average Bonchev–Trinajstić information content (AvgIpc) is 2.83. The van der Waals surface area contributed by atoms with Gasteiger partial charge in [0.05, 0.1) is 19.1 Å². The third kappa shape index (κ3) is 7.71. The van der Waals surface area contributed by atoms with Crippen LogP contribution in [0.5, 0.6) is 5.75 Å². The Labute approximate surface area is 215 Å². The molecule has 0 spiro atoms. The Bertz CT molecular complexity index is 1150. The fraction of sp³-hybridized carbons (Fsp3) is 0.481. The van der Waals surface area contributed by atoms with Crippen LogP contribution in [-0.4, -0.2) is 57.1 Å². The van der Waals surface area contributed by atoms with Gasteiger partial charge in [0.2, 0.25) is 21.8 Å². The van der Waals surface area contributed by atoms with Gasteiger partial charge in [0.15, 0.2) is 0 Å². The second kappa shape index (κ2) is 12.8. The van der Waals surface area contributed by atoms with Crippen LogP contribution in [0.15, 0.2) is 42.5 Å². The molecular weight excluding hydrogens is 478 g/mol. The molecule has 0 aliphatic rings. The van der Waals surface area contributed by atoms with Gasteiger partial charge < -0.3 is 15.0 Å². The number of nitrogens with zero attached hydrogens (tertiary/aromatic N) is 2. The number of sulfonamides is 1. The van der Waals surface area contributed by atoms with Gasteiger partial charge >= 0.3 is 0 Å². The lowest BCUT2D eigenvalue weighted by Crippen LogP contribution is -2.53. The smallest absolute Gasteiger partial charge is 0.244 e. The number of aryl methyl sites for hydroxylation is 2. The summed E-state index contributed by atoms with van der Waals surface area (Å²) in [5.41, 5.74) is 3.15. The largest absolute Gasteiger partial charge is 0.497 e. The zero-order valence-corrected chi connectivity index (χ0v) is 23.2. The Morgan fingerprint density at radius 1 is 1.00 bits per heavy atom. The van der Waals surface area contributed by atoms with Crippen LogP contribution in [0.2, 0.25) is 0 Å². The zero-order chi connectivity index (χ0) is 27.0. The van der Waals surface area contributed by atoms with Gasteiger partial charge in [0.1, 0.15) is 18.3 Å². The number of amides is 2. The molecular formula is C27H39N3O5S. The molecule has 0 radical (unpaired) electrons. The molecule has 2 aromatic carbocycles. The van der Waals surface area contributed by atoms with Crippen molar-refractivity contribution in [1.82, 2.24) is 10.2 Å². The first-order valence-electron chi connectivity index (χ1n) is 12.2. The topological polar surface area (TPSA) is 96.0 Å². The summed E-state index contributed by atoms with van der Waals surface area (Å²) < 4.78 is 31.8. The lowest BCUT2D eigenvalue weighted by Gasteiger charge is -2.33. The average molecular weight is 518 g/mol. The normalized spacial score (nSPS) is 13.0. The molecule has 0 aliphatic carbocycles. The lowest BCUT2D eigenvalue weighted by molar-refractivity contribution is -0.140. The number of hydrogen-bond donors (Lipinski definition) is 1. The molecule has 2 atom stereocenters. The van der Waals surface area contributed by atoms with Crippen molar-refractivity contribution in [2.45, 2.75) is 66.1 Å². The number of methoxy groups -OCH3 is 1. The summed E-state index contributed by atoms with van der Waals surface area (Å²) >= 11 is 0. The minimum absolute atomic E-state index is 0.0486. The third-order valence-corrected chi connectivity index (χ3v) is 7.50. The Morgan fingerprint density at radius 3 is 2.14 bits per heavy atom. The number of carbonyl (C=O) groups is 2. The number of anilines is 1. The molecule has 0 unspecified atom stereocenters. The maximum atomic E-state index is 13.7. The molecule has 2 aromatic rings. The summed E-state index contributed by atoms with van der Waals surface area (Å²) in [6.07, 6.45) is 2.21. The van der Waals surface area contributed by atoms with E-state index in [1.807, 2.05) is 52.8 Å². The van der Waals surface area contributed by atoms with Crippen LogP contribution in [0.3, 0.4) is 0 Å². The molecule has 9 heteroatoms. The van der Waals surface area contributed by atoms with Crippen LogP contribution >= 0.6 is 0 Å². The Morgan fingerprint density at radius 2 is 1.64 bits per heavy atom. The van der Waals surface area contributed by atoms with E-state index in [9.17, 15) is 18.0 Å². The maximum absolute atomic E-state index is 13.7. The third-order valence-electron chi connectivity index (χ3n) is 6.36. The molecule has 0 aliphatic heterocycles. The van der Waals surface area contributed by atoms with Gasteiger partial charge in [-0.15, -0.1) is 0 Å². The van der Waals surface area contributed by atoms with Crippen LogP contribution in [0.25, 0.3) is 0 Å². The first-order valence-corrected chi connectivity index (χ1v) is 14.0. The van der Waals surface area contributed by atoms with Crippen LogP contribution in [0.4, 0.5) is 5.69 Å². The number of ether oxygens (including phenoxy) is 1. The highest BCUT2D eigenvalue weighted by Crippen LogP contribution is 2.23. The molecule has 0 saturated carbocycles.